The molecule has 3 saturated heterocycles. The maximum Gasteiger partial charge on any atom is 0.251 e. The largest absolute Gasteiger partial charge is 0.493 e. The molecule has 8 nitrogen and oxygen atoms in total. The quantitative estimate of drug-likeness (QED) is 0.458. The molecule has 5 rings (SSSR count). The lowest BCUT2D eigenvalue weighted by molar-refractivity contribution is -0.0222. The van der Waals surface area contributed by atoms with E-state index in [-0.39, 0.29) is 25.9 Å². The third-order valence-corrected chi connectivity index (χ3v) is 7.74. The Bertz CT molecular complexity index is 1030. The van der Waals surface area contributed by atoms with E-state index >= 15 is 0 Å². The van der Waals surface area contributed by atoms with Gasteiger partial charge >= 0.3 is 0 Å². The smallest absolute Gasteiger partial charge is 0.251 e. The van der Waals surface area contributed by atoms with E-state index < -0.39 is 5.92 Å². The van der Waals surface area contributed by atoms with Gasteiger partial charge in [-0.2, -0.15) is 4.98 Å². The molecule has 0 unspecified atom stereocenters. The molecule has 3 aliphatic heterocycles. The second-order valence-electron chi connectivity index (χ2n) is 10.5. The predicted octanol–water partition coefficient (Wildman–Crippen LogP) is 4.59. The summed E-state index contributed by atoms with van der Waals surface area (Å²) >= 11 is 0. The first-order valence-corrected chi connectivity index (χ1v) is 13.8. The van der Waals surface area contributed by atoms with Gasteiger partial charge in [0.25, 0.3) is 5.92 Å². The van der Waals surface area contributed by atoms with Crippen LogP contribution in [-0.2, 0) is 0 Å². The average molecular weight is 519 g/mol. The summed E-state index contributed by atoms with van der Waals surface area (Å²) in [6, 6.07) is 3.83. The first-order chi connectivity index (χ1) is 18.0. The molecule has 0 atom stereocenters. The van der Waals surface area contributed by atoms with Crippen LogP contribution in [0.5, 0.6) is 11.5 Å². The van der Waals surface area contributed by atoms with Crippen LogP contribution in [0.25, 0.3) is 10.9 Å². The molecule has 0 saturated carbocycles. The Morgan fingerprint density at radius 1 is 0.892 bits per heavy atom. The number of piperidine rings is 2. The Kier molecular flexibility index (Phi) is 8.44. The number of likely N-dealkylation sites (tertiary alicyclic amines) is 2. The molecule has 3 aliphatic rings. The standard InChI is InChI=1S/C27H40F2N6O2/c1-36-23-18-21-22(19-24(23)37-17-7-14-33-10-5-6-11-33)31-26(35-15-8-27(28,29)9-16-35)32-25(21)30-20-34-12-3-2-4-13-34/h18-19H,2-17,20H2,1H3,(H,30,31,32). The van der Waals surface area contributed by atoms with E-state index in [4.69, 9.17) is 19.4 Å². The molecular weight excluding hydrogens is 478 g/mol. The molecule has 1 aromatic carbocycles. The van der Waals surface area contributed by atoms with Crippen molar-refractivity contribution in [1.29, 1.82) is 0 Å². The summed E-state index contributed by atoms with van der Waals surface area (Å²) in [6.45, 7) is 7.25. The Balaban J connectivity index is 1.37. The third-order valence-electron chi connectivity index (χ3n) is 7.74. The van der Waals surface area contributed by atoms with E-state index in [2.05, 4.69) is 15.1 Å². The highest BCUT2D eigenvalue weighted by molar-refractivity contribution is 5.92. The monoisotopic (exact) mass is 518 g/mol. The number of aromatic nitrogens is 2. The number of methoxy groups -OCH3 is 1. The van der Waals surface area contributed by atoms with Gasteiger partial charge in [-0.3, -0.25) is 4.90 Å². The predicted molar refractivity (Wildman–Crippen MR) is 142 cm³/mol. The molecule has 204 valence electrons. The van der Waals surface area contributed by atoms with Crippen LogP contribution < -0.4 is 19.7 Å². The number of hydrogen-bond donors (Lipinski definition) is 1. The van der Waals surface area contributed by atoms with Gasteiger partial charge in [-0.1, -0.05) is 6.42 Å². The van der Waals surface area contributed by atoms with E-state index in [1.165, 1.54) is 45.2 Å². The van der Waals surface area contributed by atoms with Crippen LogP contribution in [0.4, 0.5) is 20.5 Å². The van der Waals surface area contributed by atoms with Crippen LogP contribution >= 0.6 is 0 Å². The Labute approximate surface area is 218 Å². The molecule has 10 heteroatoms. The first kappa shape index (κ1) is 26.2. The van der Waals surface area contributed by atoms with E-state index in [1.54, 1.807) is 7.11 Å². The van der Waals surface area contributed by atoms with Gasteiger partial charge in [0.05, 0.1) is 25.9 Å². The summed E-state index contributed by atoms with van der Waals surface area (Å²) in [7, 11) is 1.64. The Morgan fingerprint density at radius 2 is 1.59 bits per heavy atom. The highest BCUT2D eigenvalue weighted by atomic mass is 19.3. The number of benzene rings is 1. The second kappa shape index (κ2) is 11.9. The minimum atomic E-state index is -2.62. The summed E-state index contributed by atoms with van der Waals surface area (Å²) in [5.74, 6) is -0.153. The third kappa shape index (κ3) is 6.71. The maximum absolute atomic E-state index is 13.8. The maximum atomic E-state index is 13.8. The number of nitrogens with zero attached hydrogens (tertiary/aromatic N) is 5. The number of nitrogens with one attached hydrogen (secondary N) is 1. The van der Waals surface area contributed by atoms with Gasteiger partial charge < -0.3 is 24.6 Å². The molecule has 0 amide bonds. The number of ether oxygens (including phenoxy) is 2. The van der Waals surface area contributed by atoms with Gasteiger partial charge in [0, 0.05) is 43.9 Å². The van der Waals surface area contributed by atoms with E-state index in [0.717, 1.165) is 37.0 Å². The molecule has 2 aromatic rings. The van der Waals surface area contributed by atoms with E-state index in [9.17, 15) is 8.78 Å². The van der Waals surface area contributed by atoms with E-state index in [1.807, 2.05) is 17.0 Å². The van der Waals surface area contributed by atoms with E-state index in [0.29, 0.717) is 36.5 Å². The van der Waals surface area contributed by atoms with Crippen molar-refractivity contribution in [2.75, 3.05) is 76.4 Å². The second-order valence-corrected chi connectivity index (χ2v) is 10.5. The van der Waals surface area contributed by atoms with Gasteiger partial charge in [-0.15, -0.1) is 0 Å². The zero-order chi connectivity index (χ0) is 25.7. The zero-order valence-corrected chi connectivity index (χ0v) is 22.0. The van der Waals surface area contributed by atoms with Gasteiger partial charge in [0.2, 0.25) is 5.95 Å². The van der Waals surface area contributed by atoms with Crippen LogP contribution in [0.15, 0.2) is 12.1 Å². The van der Waals surface area contributed by atoms with Crippen LogP contribution in [0, 0.1) is 0 Å². The van der Waals surface area contributed by atoms with Gasteiger partial charge in [-0.05, 0) is 64.3 Å². The minimum absolute atomic E-state index is 0.182. The average Bonchev–Trinajstić information content (AvgIpc) is 3.43. The van der Waals surface area contributed by atoms with Crippen LogP contribution in [0.1, 0.15) is 51.4 Å². The fraction of sp³-hybridized carbons (Fsp3) is 0.704. The molecule has 3 fully saturated rings. The molecule has 0 bridgehead atoms. The highest BCUT2D eigenvalue weighted by Crippen LogP contribution is 2.36. The van der Waals surface area contributed by atoms with Crippen LogP contribution in [0.3, 0.4) is 0 Å². The summed E-state index contributed by atoms with van der Waals surface area (Å²) < 4.78 is 39.5. The normalized spacial score (nSPS) is 20.9. The fourth-order valence-electron chi connectivity index (χ4n) is 5.49. The Hall–Kier alpha value is -2.46. The number of halogens is 2. The van der Waals surface area contributed by atoms with Crippen molar-refractivity contribution < 1.29 is 18.3 Å². The fourth-order valence-corrected chi connectivity index (χ4v) is 5.49. The number of hydrogen-bond acceptors (Lipinski definition) is 8. The summed E-state index contributed by atoms with van der Waals surface area (Å²) in [4.78, 5) is 16.3. The highest BCUT2D eigenvalue weighted by Gasteiger charge is 2.35. The van der Waals surface area contributed by atoms with Crippen molar-refractivity contribution in [2.24, 2.45) is 0 Å². The lowest BCUT2D eigenvalue weighted by Gasteiger charge is -2.32. The molecule has 1 N–H and O–H groups in total. The van der Waals surface area contributed by atoms with Crippen LogP contribution in [0.2, 0.25) is 0 Å². The Morgan fingerprint density at radius 3 is 2.32 bits per heavy atom. The summed E-state index contributed by atoms with van der Waals surface area (Å²) in [6.07, 6.45) is 6.82. The van der Waals surface area contributed by atoms with Crippen molar-refractivity contribution >= 4 is 22.7 Å². The molecule has 37 heavy (non-hydrogen) atoms. The van der Waals surface area contributed by atoms with Crippen molar-refractivity contribution in [3.63, 3.8) is 0 Å². The first-order valence-electron chi connectivity index (χ1n) is 13.8. The minimum Gasteiger partial charge on any atom is -0.493 e. The molecular formula is C27H40F2N6O2. The number of fused-ring (bicyclic) bond motifs is 1. The molecule has 0 spiro atoms. The number of anilines is 2. The number of alkyl halides is 2. The lowest BCUT2D eigenvalue weighted by atomic mass is 10.1. The molecule has 0 radical (unpaired) electrons. The van der Waals surface area contributed by atoms with Crippen LogP contribution in [-0.4, -0.2) is 91.9 Å². The lowest BCUT2D eigenvalue weighted by Crippen LogP contribution is -2.40. The van der Waals surface area contributed by atoms with Crippen molar-refractivity contribution in [3.05, 3.63) is 12.1 Å². The van der Waals surface area contributed by atoms with Crippen molar-refractivity contribution in [1.82, 2.24) is 19.8 Å². The molecule has 1 aromatic heterocycles. The molecule has 4 heterocycles. The summed E-state index contributed by atoms with van der Waals surface area (Å²) in [5.41, 5.74) is 0.721. The SMILES string of the molecule is COc1cc2c(NCN3CCCCC3)nc(N3CCC(F)(F)CC3)nc2cc1OCCCN1CCCC1. The van der Waals surface area contributed by atoms with Gasteiger partial charge in [-0.25, -0.2) is 13.8 Å². The van der Waals surface area contributed by atoms with Gasteiger partial charge in [0.1, 0.15) is 5.82 Å². The van der Waals surface area contributed by atoms with Gasteiger partial charge in [0.15, 0.2) is 11.5 Å². The molecule has 0 aliphatic carbocycles. The topological polar surface area (TPSA) is 66.0 Å². The van der Waals surface area contributed by atoms with Crippen molar-refractivity contribution in [2.45, 2.75) is 57.3 Å². The summed E-state index contributed by atoms with van der Waals surface area (Å²) in [5, 5.41) is 4.34. The zero-order valence-electron chi connectivity index (χ0n) is 22.0. The number of rotatable bonds is 10. The van der Waals surface area contributed by atoms with Crippen molar-refractivity contribution in [3.8, 4) is 11.5 Å².